The summed E-state index contributed by atoms with van der Waals surface area (Å²) >= 11 is 16.7. The van der Waals surface area contributed by atoms with Gasteiger partial charge in [0.2, 0.25) is 0 Å². The van der Waals surface area contributed by atoms with Gasteiger partial charge >= 0.3 is 0 Å². The third-order valence-corrected chi connectivity index (χ3v) is 3.86. The molecule has 1 unspecified atom stereocenters. The summed E-state index contributed by atoms with van der Waals surface area (Å²) in [5, 5.41) is 8.86. The number of rotatable bonds is 4. The third-order valence-electron chi connectivity index (χ3n) is 1.68. The maximum Gasteiger partial charge on any atom is 0.190 e. The molecule has 0 fully saturated rings. The Morgan fingerprint density at radius 2 is 1.88 bits per heavy atom. The van der Waals surface area contributed by atoms with Crippen molar-refractivity contribution in [1.82, 2.24) is 4.72 Å². The Morgan fingerprint density at radius 1 is 1.38 bits per heavy atom. The Bertz CT molecular complexity index is 291. The fourth-order valence-electron chi connectivity index (χ4n) is 0.764. The molecule has 0 aliphatic rings. The van der Waals surface area contributed by atoms with E-state index in [4.69, 9.17) is 40.1 Å². The molecule has 1 N–H and O–H groups in total. The second-order valence-electron chi connectivity index (χ2n) is 4.33. The predicted octanol–water partition coefficient (Wildman–Crippen LogP) is 3.08. The molecular formula is C9H15Cl3N2OS. The number of nitrogens with zero attached hydrogens (tertiary/aromatic N) is 1. The first-order chi connectivity index (χ1) is 7.06. The Labute approximate surface area is 114 Å². The van der Waals surface area contributed by atoms with Gasteiger partial charge in [-0.2, -0.15) is 5.26 Å². The number of halogens is 3. The molecule has 7 heteroatoms. The second-order valence-corrected chi connectivity index (χ2v) is 8.85. The standard InChI is InChI=1S/C9H15Cl3N2OS/c1-8(2,3)16(15)14-7(6-13)4-5-9(10,11)12/h7,14H,4-5H2,1-3H3/t7-,16?/m0/s1. The quantitative estimate of drug-likeness (QED) is 0.812. The number of nitrogens with one attached hydrogen (secondary N) is 1. The van der Waals surface area contributed by atoms with E-state index in [1.165, 1.54) is 0 Å². The van der Waals surface area contributed by atoms with E-state index < -0.39 is 25.6 Å². The number of alkyl halides is 3. The molecule has 0 saturated heterocycles. The van der Waals surface area contributed by atoms with Gasteiger partial charge in [0.25, 0.3) is 0 Å². The highest BCUT2D eigenvalue weighted by Gasteiger charge is 2.25. The Hall–Kier alpha value is 0.470. The highest BCUT2D eigenvalue weighted by atomic mass is 35.6. The minimum atomic E-state index is -1.37. The first-order valence-electron chi connectivity index (χ1n) is 4.70. The van der Waals surface area contributed by atoms with Crippen LogP contribution < -0.4 is 4.72 Å². The topological polar surface area (TPSA) is 52.9 Å². The maximum atomic E-state index is 11.7. The van der Waals surface area contributed by atoms with Crippen molar-refractivity contribution in [1.29, 1.82) is 5.26 Å². The number of nitriles is 1. The van der Waals surface area contributed by atoms with Gasteiger partial charge in [-0.25, -0.2) is 8.93 Å². The van der Waals surface area contributed by atoms with E-state index in [1.54, 1.807) is 0 Å². The smallest absolute Gasteiger partial charge is 0.190 e. The van der Waals surface area contributed by atoms with E-state index in [9.17, 15) is 4.21 Å². The van der Waals surface area contributed by atoms with Crippen LogP contribution in [0.1, 0.15) is 33.6 Å². The zero-order chi connectivity index (χ0) is 13.0. The normalized spacial score (nSPS) is 16.6. The zero-order valence-electron chi connectivity index (χ0n) is 9.39. The summed E-state index contributed by atoms with van der Waals surface area (Å²) in [4.78, 5) is 0. The molecule has 0 spiro atoms. The van der Waals surface area contributed by atoms with E-state index >= 15 is 0 Å². The van der Waals surface area contributed by atoms with Crippen LogP contribution >= 0.6 is 34.8 Å². The molecule has 0 aromatic heterocycles. The van der Waals surface area contributed by atoms with Crippen LogP contribution in [-0.4, -0.2) is 18.8 Å². The molecule has 2 atom stereocenters. The monoisotopic (exact) mass is 304 g/mol. The Morgan fingerprint density at radius 3 is 2.19 bits per heavy atom. The molecule has 16 heavy (non-hydrogen) atoms. The average Bonchev–Trinajstić information content (AvgIpc) is 2.08. The van der Waals surface area contributed by atoms with Crippen molar-refractivity contribution < 1.29 is 4.21 Å². The van der Waals surface area contributed by atoms with Gasteiger partial charge in [0.15, 0.2) is 3.79 Å². The predicted molar refractivity (Wildman–Crippen MR) is 70.0 cm³/mol. The number of hydrogen-bond acceptors (Lipinski definition) is 2. The molecule has 0 saturated carbocycles. The molecule has 94 valence electrons. The Kier molecular flexibility index (Phi) is 6.60. The van der Waals surface area contributed by atoms with Crippen LogP contribution in [0.2, 0.25) is 0 Å². The van der Waals surface area contributed by atoms with Crippen molar-refractivity contribution in [3.63, 3.8) is 0 Å². The van der Waals surface area contributed by atoms with Crippen LogP contribution in [0.4, 0.5) is 0 Å². The number of hydrogen-bond donors (Lipinski definition) is 1. The van der Waals surface area contributed by atoms with Crippen LogP contribution in [0.15, 0.2) is 0 Å². The SMILES string of the molecule is CC(C)(C)S(=O)N[C@H](C#N)CCC(Cl)(Cl)Cl. The summed E-state index contributed by atoms with van der Waals surface area (Å²) in [6, 6.07) is 1.42. The Balaban J connectivity index is 4.24. The fourth-order valence-corrected chi connectivity index (χ4v) is 1.87. The third kappa shape index (κ3) is 7.70. The van der Waals surface area contributed by atoms with Gasteiger partial charge in [0.05, 0.1) is 21.8 Å². The van der Waals surface area contributed by atoms with Gasteiger partial charge < -0.3 is 0 Å². The van der Waals surface area contributed by atoms with Crippen LogP contribution in [0.25, 0.3) is 0 Å². The van der Waals surface area contributed by atoms with Crippen LogP contribution in [0, 0.1) is 11.3 Å². The van der Waals surface area contributed by atoms with Crippen LogP contribution in [0.5, 0.6) is 0 Å². The molecule has 0 aliphatic carbocycles. The summed E-state index contributed by atoms with van der Waals surface area (Å²) in [6.45, 7) is 5.46. The lowest BCUT2D eigenvalue weighted by Gasteiger charge is -2.21. The molecule has 0 heterocycles. The maximum absolute atomic E-state index is 11.7. The fraction of sp³-hybridized carbons (Fsp3) is 0.889. The minimum Gasteiger partial charge on any atom is -0.242 e. The molecule has 0 rings (SSSR count). The van der Waals surface area contributed by atoms with Crippen molar-refractivity contribution in [3.05, 3.63) is 0 Å². The van der Waals surface area contributed by atoms with E-state index in [0.717, 1.165) is 0 Å². The highest BCUT2D eigenvalue weighted by Crippen LogP contribution is 2.31. The van der Waals surface area contributed by atoms with Crippen LogP contribution in [0.3, 0.4) is 0 Å². The molecule has 0 aromatic rings. The average molecular weight is 306 g/mol. The van der Waals surface area contributed by atoms with Gasteiger partial charge in [-0.05, 0) is 33.6 Å². The molecule has 0 radical (unpaired) electrons. The molecular weight excluding hydrogens is 291 g/mol. The zero-order valence-corrected chi connectivity index (χ0v) is 12.5. The lowest BCUT2D eigenvalue weighted by Crippen LogP contribution is -2.39. The second kappa shape index (κ2) is 6.42. The van der Waals surface area contributed by atoms with E-state index in [0.29, 0.717) is 6.42 Å². The van der Waals surface area contributed by atoms with E-state index in [-0.39, 0.29) is 6.42 Å². The van der Waals surface area contributed by atoms with Gasteiger partial charge in [-0.15, -0.1) is 0 Å². The molecule has 0 bridgehead atoms. The van der Waals surface area contributed by atoms with Crippen molar-refractivity contribution in [2.24, 2.45) is 0 Å². The van der Waals surface area contributed by atoms with Crippen molar-refractivity contribution in [3.8, 4) is 6.07 Å². The van der Waals surface area contributed by atoms with Crippen molar-refractivity contribution in [2.75, 3.05) is 0 Å². The first kappa shape index (κ1) is 16.5. The molecule has 3 nitrogen and oxygen atoms in total. The van der Waals surface area contributed by atoms with Gasteiger partial charge in [0.1, 0.15) is 6.04 Å². The summed E-state index contributed by atoms with van der Waals surface area (Å²) in [5.74, 6) is 0. The van der Waals surface area contributed by atoms with Crippen molar-refractivity contribution >= 4 is 45.8 Å². The summed E-state index contributed by atoms with van der Waals surface area (Å²) in [6.07, 6.45) is 0.582. The molecule has 0 aliphatic heterocycles. The summed E-state index contributed by atoms with van der Waals surface area (Å²) in [7, 11) is -1.30. The van der Waals surface area contributed by atoms with Crippen LogP contribution in [-0.2, 0) is 11.0 Å². The lowest BCUT2D eigenvalue weighted by atomic mass is 10.2. The molecule has 0 amide bonds. The minimum absolute atomic E-state index is 0.240. The lowest BCUT2D eigenvalue weighted by molar-refractivity contribution is 0.600. The molecule has 0 aromatic carbocycles. The largest absolute Gasteiger partial charge is 0.242 e. The van der Waals surface area contributed by atoms with Gasteiger partial charge in [-0.1, -0.05) is 34.8 Å². The van der Waals surface area contributed by atoms with Gasteiger partial charge in [-0.3, -0.25) is 0 Å². The van der Waals surface area contributed by atoms with Gasteiger partial charge in [0, 0.05) is 0 Å². The van der Waals surface area contributed by atoms with E-state index in [1.807, 2.05) is 26.8 Å². The summed E-state index contributed by atoms with van der Waals surface area (Å²) < 4.78 is 12.6. The summed E-state index contributed by atoms with van der Waals surface area (Å²) in [5.41, 5.74) is 0. The highest BCUT2D eigenvalue weighted by molar-refractivity contribution is 7.84. The van der Waals surface area contributed by atoms with E-state index in [2.05, 4.69) is 4.72 Å². The van der Waals surface area contributed by atoms with Crippen molar-refractivity contribution in [2.45, 2.75) is 48.2 Å². The first-order valence-corrected chi connectivity index (χ1v) is 6.99.